The Hall–Kier alpha value is -4.38. The fourth-order valence-electron chi connectivity index (χ4n) is 4.09. The fourth-order valence-corrected chi connectivity index (χ4v) is 4.09. The molecule has 1 aliphatic heterocycles. The first-order valence-electron chi connectivity index (χ1n) is 12.0. The summed E-state index contributed by atoms with van der Waals surface area (Å²) < 4.78 is 9.56. The highest BCUT2D eigenvalue weighted by Gasteiger charge is 2.21. The lowest BCUT2D eigenvalue weighted by molar-refractivity contribution is 0.223. The number of likely N-dealkylation sites (tertiary alicyclic amines) is 1. The largest absolute Gasteiger partial charge is 0.482 e. The number of hydrogen-bond donors (Lipinski definition) is 1. The smallest absolute Gasteiger partial charge is 0.179 e. The van der Waals surface area contributed by atoms with E-state index in [4.69, 9.17) is 20.8 Å². The van der Waals surface area contributed by atoms with Crippen molar-refractivity contribution in [2.24, 2.45) is 23.0 Å². The molecule has 0 aliphatic carbocycles. The Bertz CT molecular complexity index is 1330. The van der Waals surface area contributed by atoms with Crippen molar-refractivity contribution in [3.63, 3.8) is 0 Å². The summed E-state index contributed by atoms with van der Waals surface area (Å²) in [5.74, 6) is 6.27. The van der Waals surface area contributed by atoms with Gasteiger partial charge in [0.1, 0.15) is 40.4 Å². The van der Waals surface area contributed by atoms with Crippen LogP contribution in [0.25, 0.3) is 5.52 Å². The maximum absolute atomic E-state index is 9.57. The van der Waals surface area contributed by atoms with Crippen LogP contribution in [0.5, 0.6) is 5.75 Å². The lowest BCUT2D eigenvalue weighted by atomic mass is 10.0. The van der Waals surface area contributed by atoms with E-state index >= 15 is 0 Å². The molecule has 0 aromatic carbocycles. The quantitative estimate of drug-likeness (QED) is 0.243. The first-order chi connectivity index (χ1) is 17.4. The molecule has 0 spiro atoms. The molecule has 1 aliphatic rings. The minimum Gasteiger partial charge on any atom is -0.482 e. The topological polar surface area (TPSA) is 146 Å². The van der Waals surface area contributed by atoms with Gasteiger partial charge in [-0.1, -0.05) is 13.8 Å². The monoisotopic (exact) mass is 488 g/mol. The molecule has 3 aromatic heterocycles. The van der Waals surface area contributed by atoms with Crippen LogP contribution < -0.4 is 10.6 Å². The van der Waals surface area contributed by atoms with Gasteiger partial charge in [0.05, 0.1) is 18.0 Å². The highest BCUT2D eigenvalue weighted by atomic mass is 16.5. The second-order valence-corrected chi connectivity index (χ2v) is 8.24. The van der Waals surface area contributed by atoms with Crippen LogP contribution in [-0.2, 0) is 7.05 Å². The maximum Gasteiger partial charge on any atom is 0.179 e. The molecule has 1 saturated heterocycles. The Morgan fingerprint density at radius 2 is 2.00 bits per heavy atom. The van der Waals surface area contributed by atoms with Crippen molar-refractivity contribution in [2.75, 3.05) is 13.1 Å². The molecule has 0 radical (unpaired) electrons. The van der Waals surface area contributed by atoms with Crippen molar-refractivity contribution >= 4 is 16.9 Å². The summed E-state index contributed by atoms with van der Waals surface area (Å²) >= 11 is 0. The summed E-state index contributed by atoms with van der Waals surface area (Å²) in [6.45, 7) is 9.14. The van der Waals surface area contributed by atoms with Crippen LogP contribution in [0.3, 0.4) is 0 Å². The van der Waals surface area contributed by atoms with E-state index in [1.165, 1.54) is 6.20 Å². The number of aromatic nitrogens is 4. The molecule has 188 valence electrons. The Labute approximate surface area is 211 Å². The van der Waals surface area contributed by atoms with Crippen LogP contribution >= 0.6 is 0 Å². The molecule has 11 heteroatoms. The van der Waals surface area contributed by atoms with Gasteiger partial charge in [0.15, 0.2) is 6.19 Å². The van der Waals surface area contributed by atoms with Gasteiger partial charge in [0.2, 0.25) is 0 Å². The van der Waals surface area contributed by atoms with E-state index in [2.05, 4.69) is 27.6 Å². The van der Waals surface area contributed by atoms with Crippen LogP contribution in [-0.4, -0.2) is 54.8 Å². The molecular formula is C25H32N10O. The Morgan fingerprint density at radius 3 is 2.58 bits per heavy atom. The van der Waals surface area contributed by atoms with Gasteiger partial charge in [-0.2, -0.15) is 25.8 Å². The number of hydrazone groups is 1. The van der Waals surface area contributed by atoms with Crippen LogP contribution in [0.1, 0.15) is 63.5 Å². The summed E-state index contributed by atoms with van der Waals surface area (Å²) in [4.78, 5) is 6.57. The number of hydrogen-bond acceptors (Lipinski definition) is 9. The van der Waals surface area contributed by atoms with E-state index in [0.29, 0.717) is 46.9 Å². The molecule has 0 bridgehead atoms. The second kappa shape index (κ2) is 11.8. The Kier molecular flexibility index (Phi) is 8.63. The highest BCUT2D eigenvalue weighted by Crippen LogP contribution is 2.29. The van der Waals surface area contributed by atoms with E-state index in [1.807, 2.05) is 47.0 Å². The first-order valence-corrected chi connectivity index (χ1v) is 12.0. The molecule has 4 rings (SSSR count). The summed E-state index contributed by atoms with van der Waals surface area (Å²) in [6.07, 6.45) is 8.52. The molecule has 1 unspecified atom stereocenters. The third-order valence-electron chi connectivity index (χ3n) is 5.88. The number of fused-ring (bicyclic) bond motifs is 1. The number of nitriles is 2. The maximum atomic E-state index is 9.57. The van der Waals surface area contributed by atoms with E-state index in [0.717, 1.165) is 18.5 Å². The molecule has 11 nitrogen and oxygen atoms in total. The average Bonchev–Trinajstić information content (AvgIpc) is 3.52. The molecular weight excluding hydrogens is 456 g/mol. The normalized spacial score (nSPS) is 15.6. The Balaban J connectivity index is 0.00000176. The van der Waals surface area contributed by atoms with Crippen molar-refractivity contribution in [1.82, 2.24) is 24.3 Å². The highest BCUT2D eigenvalue weighted by molar-refractivity contribution is 6.47. The number of aliphatic imine (C=N–C) groups is 1. The van der Waals surface area contributed by atoms with Crippen LogP contribution in [0, 0.1) is 22.8 Å². The number of nitrogens with zero attached hydrogens (tertiary/aromatic N) is 9. The van der Waals surface area contributed by atoms with Crippen molar-refractivity contribution in [3.05, 3.63) is 47.5 Å². The van der Waals surface area contributed by atoms with Gasteiger partial charge >= 0.3 is 0 Å². The average molecular weight is 489 g/mol. The molecule has 36 heavy (non-hydrogen) atoms. The van der Waals surface area contributed by atoms with Crippen molar-refractivity contribution in [1.29, 1.82) is 10.5 Å². The number of ether oxygens (including phenoxy) is 1. The van der Waals surface area contributed by atoms with E-state index in [1.54, 1.807) is 26.4 Å². The van der Waals surface area contributed by atoms with Gasteiger partial charge in [-0.3, -0.25) is 9.67 Å². The van der Waals surface area contributed by atoms with Crippen LogP contribution in [0.2, 0.25) is 0 Å². The van der Waals surface area contributed by atoms with Crippen molar-refractivity contribution in [2.45, 2.75) is 52.7 Å². The first kappa shape index (κ1) is 26.2. The minimum absolute atomic E-state index is 0.0971. The van der Waals surface area contributed by atoms with Crippen molar-refractivity contribution < 1.29 is 4.74 Å². The lowest BCUT2D eigenvalue weighted by Gasteiger charge is -2.26. The summed E-state index contributed by atoms with van der Waals surface area (Å²) in [7, 11) is 1.84. The predicted molar refractivity (Wildman–Crippen MR) is 138 cm³/mol. The van der Waals surface area contributed by atoms with E-state index in [9.17, 15) is 5.26 Å². The van der Waals surface area contributed by atoms with Gasteiger partial charge < -0.3 is 15.5 Å². The molecule has 2 N–H and O–H groups in total. The molecule has 0 amide bonds. The van der Waals surface area contributed by atoms with Crippen LogP contribution in [0.15, 0.2) is 40.8 Å². The fraction of sp³-hybridized carbons (Fsp3) is 0.440. The molecule has 0 saturated carbocycles. The zero-order valence-electron chi connectivity index (χ0n) is 21.4. The SMILES string of the molecule is CC.CC(=NC1CCN(C#N)CC1)/C(=N\N)c1cc(OC(C)c2ccn(C)n2)c2c(C#N)cnn2c1. The number of piperidine rings is 1. The standard InChI is InChI=1S/C23H26N10O.C2H6/c1-15(28-19-4-8-32(14-25)9-5-19)22(29-26)17-10-21(23-18(11-24)12-27-33(23)13-17)34-16(2)20-6-7-31(3)30-20;1-2/h6-7,10,12-13,16,19H,4-5,8-9,26H2,1-3H3;1-2H3/b28-15?,29-22+;. The third-order valence-corrected chi connectivity index (χ3v) is 5.88. The van der Waals surface area contributed by atoms with Crippen LogP contribution in [0.4, 0.5) is 0 Å². The number of aryl methyl sites for hydroxylation is 1. The number of rotatable bonds is 6. The minimum atomic E-state index is -0.361. The zero-order valence-corrected chi connectivity index (χ0v) is 21.4. The lowest BCUT2D eigenvalue weighted by Crippen LogP contribution is -2.32. The van der Waals surface area contributed by atoms with E-state index < -0.39 is 0 Å². The van der Waals surface area contributed by atoms with Crippen molar-refractivity contribution in [3.8, 4) is 18.0 Å². The molecule has 4 heterocycles. The number of pyridine rings is 1. The van der Waals surface area contributed by atoms with Gasteiger partial charge in [-0.05, 0) is 38.8 Å². The van der Waals surface area contributed by atoms with Gasteiger partial charge in [-0.25, -0.2) is 4.52 Å². The second-order valence-electron chi connectivity index (χ2n) is 8.24. The summed E-state index contributed by atoms with van der Waals surface area (Å²) in [5.41, 5.74) is 3.59. The molecule has 3 aromatic rings. The molecule has 1 fully saturated rings. The van der Waals surface area contributed by atoms with Gasteiger partial charge in [0.25, 0.3) is 0 Å². The summed E-state index contributed by atoms with van der Waals surface area (Å²) in [6, 6.07) is 5.95. The van der Waals surface area contributed by atoms with E-state index in [-0.39, 0.29) is 12.1 Å². The van der Waals surface area contributed by atoms with Gasteiger partial charge in [0, 0.05) is 38.1 Å². The van der Waals surface area contributed by atoms with Gasteiger partial charge in [-0.15, -0.1) is 0 Å². The Morgan fingerprint density at radius 1 is 1.28 bits per heavy atom. The predicted octanol–water partition coefficient (Wildman–Crippen LogP) is 3.17. The summed E-state index contributed by atoms with van der Waals surface area (Å²) in [5, 5.41) is 31.4. The zero-order chi connectivity index (χ0) is 26.2. The molecule has 1 atom stereocenters. The third kappa shape index (κ3) is 5.63. The number of nitrogens with two attached hydrogens (primary N) is 1.